The van der Waals surface area contributed by atoms with E-state index in [0.29, 0.717) is 10.7 Å². The Morgan fingerprint density at radius 1 is 1.09 bits per heavy atom. The molecule has 3 aromatic rings. The summed E-state index contributed by atoms with van der Waals surface area (Å²) in [6, 6.07) is 15.9. The van der Waals surface area contributed by atoms with Crippen molar-refractivity contribution in [2.45, 2.75) is 20.3 Å². The summed E-state index contributed by atoms with van der Waals surface area (Å²) in [5.41, 5.74) is 5.02. The van der Waals surface area contributed by atoms with Crippen molar-refractivity contribution < 1.29 is 4.79 Å². The molecule has 1 amide bonds. The lowest BCUT2D eigenvalue weighted by molar-refractivity contribution is 0.102. The van der Waals surface area contributed by atoms with E-state index in [1.165, 1.54) is 16.9 Å². The first-order valence-electron chi connectivity index (χ1n) is 7.58. The Bertz CT molecular complexity index is 804. The molecule has 2 aromatic carbocycles. The number of rotatable bonds is 4. The highest BCUT2D eigenvalue weighted by molar-refractivity contribution is 7.14. The molecular weight excluding hydrogens is 304 g/mol. The number of amides is 1. The average Bonchev–Trinajstić information content (AvgIpc) is 3.04. The van der Waals surface area contributed by atoms with Gasteiger partial charge in [-0.1, -0.05) is 48.9 Å². The summed E-state index contributed by atoms with van der Waals surface area (Å²) < 4.78 is 0. The number of hydrogen-bond acceptors (Lipinski definition) is 3. The van der Waals surface area contributed by atoms with Crippen molar-refractivity contribution in [2.24, 2.45) is 0 Å². The van der Waals surface area contributed by atoms with Gasteiger partial charge in [-0.15, -0.1) is 11.3 Å². The number of benzene rings is 2. The van der Waals surface area contributed by atoms with Crippen LogP contribution in [0.5, 0.6) is 0 Å². The molecule has 0 aliphatic heterocycles. The first kappa shape index (κ1) is 15.4. The van der Waals surface area contributed by atoms with Crippen molar-refractivity contribution >= 4 is 22.4 Å². The Balaban J connectivity index is 1.73. The van der Waals surface area contributed by atoms with Gasteiger partial charge in [0.1, 0.15) is 0 Å². The van der Waals surface area contributed by atoms with Crippen LogP contribution in [0.3, 0.4) is 0 Å². The molecule has 1 N–H and O–H groups in total. The summed E-state index contributed by atoms with van der Waals surface area (Å²) in [5.74, 6) is -0.132. The van der Waals surface area contributed by atoms with Crippen LogP contribution in [0.1, 0.15) is 28.4 Å². The molecule has 0 aliphatic carbocycles. The number of thiazole rings is 1. The van der Waals surface area contributed by atoms with E-state index in [9.17, 15) is 4.79 Å². The first-order valence-corrected chi connectivity index (χ1v) is 8.46. The second kappa shape index (κ2) is 6.75. The van der Waals surface area contributed by atoms with Crippen LogP contribution in [0, 0.1) is 6.92 Å². The molecule has 0 saturated carbocycles. The minimum Gasteiger partial charge on any atom is -0.298 e. The third-order valence-electron chi connectivity index (χ3n) is 3.70. The molecule has 4 heteroatoms. The Morgan fingerprint density at radius 2 is 1.78 bits per heavy atom. The average molecular weight is 322 g/mol. The summed E-state index contributed by atoms with van der Waals surface area (Å²) in [4.78, 5) is 16.7. The maximum atomic E-state index is 12.2. The molecule has 0 aliphatic rings. The lowest BCUT2D eigenvalue weighted by atomic mass is 10.1. The molecule has 0 fully saturated rings. The highest BCUT2D eigenvalue weighted by Gasteiger charge is 2.09. The summed E-state index contributed by atoms with van der Waals surface area (Å²) in [6.07, 6.45) is 1.02. The molecule has 0 spiro atoms. The van der Waals surface area contributed by atoms with Crippen LogP contribution in [-0.4, -0.2) is 10.9 Å². The molecular formula is C19H18N2OS. The topological polar surface area (TPSA) is 42.0 Å². The minimum atomic E-state index is -0.132. The number of nitrogens with zero attached hydrogens (tertiary/aromatic N) is 1. The number of carbonyl (C=O) groups is 1. The summed E-state index contributed by atoms with van der Waals surface area (Å²) in [5, 5.41) is 5.44. The van der Waals surface area contributed by atoms with Crippen LogP contribution in [0.4, 0.5) is 5.13 Å². The first-order chi connectivity index (χ1) is 11.2. The van der Waals surface area contributed by atoms with Crippen molar-refractivity contribution in [3.8, 4) is 11.3 Å². The van der Waals surface area contributed by atoms with Crippen molar-refractivity contribution in [2.75, 3.05) is 5.32 Å². The summed E-state index contributed by atoms with van der Waals surface area (Å²) >= 11 is 1.44. The second-order valence-electron chi connectivity index (χ2n) is 5.41. The van der Waals surface area contributed by atoms with Crippen LogP contribution in [-0.2, 0) is 6.42 Å². The zero-order valence-corrected chi connectivity index (χ0v) is 14.0. The lowest BCUT2D eigenvalue weighted by Gasteiger charge is -2.02. The number of carbonyl (C=O) groups excluding carboxylic acids is 1. The molecule has 0 radical (unpaired) electrons. The third kappa shape index (κ3) is 3.66. The van der Waals surface area contributed by atoms with Crippen LogP contribution in [0.25, 0.3) is 11.3 Å². The Morgan fingerprint density at radius 3 is 2.43 bits per heavy atom. The van der Waals surface area contributed by atoms with E-state index in [-0.39, 0.29) is 5.91 Å². The van der Waals surface area contributed by atoms with Gasteiger partial charge in [-0.3, -0.25) is 10.1 Å². The van der Waals surface area contributed by atoms with E-state index in [1.807, 2.05) is 36.6 Å². The molecule has 116 valence electrons. The number of aromatic nitrogens is 1. The molecule has 1 aromatic heterocycles. The van der Waals surface area contributed by atoms with Crippen molar-refractivity contribution in [3.05, 3.63) is 70.6 Å². The Kier molecular flexibility index (Phi) is 4.53. The number of hydrogen-bond donors (Lipinski definition) is 1. The van der Waals surface area contributed by atoms with Gasteiger partial charge in [0.25, 0.3) is 5.91 Å². The van der Waals surface area contributed by atoms with Crippen molar-refractivity contribution in [1.29, 1.82) is 0 Å². The molecule has 0 bridgehead atoms. The fourth-order valence-electron chi connectivity index (χ4n) is 2.25. The van der Waals surface area contributed by atoms with Gasteiger partial charge in [-0.05, 0) is 31.0 Å². The van der Waals surface area contributed by atoms with Crippen LogP contribution >= 0.6 is 11.3 Å². The fourth-order valence-corrected chi connectivity index (χ4v) is 2.96. The zero-order chi connectivity index (χ0) is 16.2. The Labute approximate surface area is 140 Å². The minimum absolute atomic E-state index is 0.132. The van der Waals surface area contributed by atoms with Gasteiger partial charge in [0.2, 0.25) is 0 Å². The summed E-state index contributed by atoms with van der Waals surface area (Å²) in [7, 11) is 0. The predicted octanol–water partition coefficient (Wildman–Crippen LogP) is 4.93. The van der Waals surface area contributed by atoms with E-state index in [2.05, 4.69) is 41.5 Å². The predicted molar refractivity (Wildman–Crippen MR) is 96.1 cm³/mol. The maximum Gasteiger partial charge on any atom is 0.257 e. The molecule has 0 saturated heterocycles. The van der Waals surface area contributed by atoms with Gasteiger partial charge in [0, 0.05) is 16.5 Å². The second-order valence-corrected chi connectivity index (χ2v) is 6.27. The highest BCUT2D eigenvalue weighted by Crippen LogP contribution is 2.25. The summed E-state index contributed by atoms with van der Waals surface area (Å²) in [6.45, 7) is 4.13. The highest BCUT2D eigenvalue weighted by atomic mass is 32.1. The molecule has 1 heterocycles. The van der Waals surface area contributed by atoms with Gasteiger partial charge in [-0.2, -0.15) is 0 Å². The van der Waals surface area contributed by atoms with Gasteiger partial charge in [-0.25, -0.2) is 4.98 Å². The molecule has 3 rings (SSSR count). The SMILES string of the molecule is CCc1ccc(-c2csc(NC(=O)c3ccc(C)cc3)n2)cc1. The molecule has 23 heavy (non-hydrogen) atoms. The van der Waals surface area contributed by atoms with Crippen LogP contribution < -0.4 is 5.32 Å². The van der Waals surface area contributed by atoms with Crippen LogP contribution in [0.15, 0.2) is 53.9 Å². The quantitative estimate of drug-likeness (QED) is 0.739. The molecule has 3 nitrogen and oxygen atoms in total. The maximum absolute atomic E-state index is 12.2. The van der Waals surface area contributed by atoms with E-state index in [0.717, 1.165) is 23.2 Å². The van der Waals surface area contributed by atoms with Crippen molar-refractivity contribution in [3.63, 3.8) is 0 Å². The smallest absolute Gasteiger partial charge is 0.257 e. The third-order valence-corrected chi connectivity index (χ3v) is 4.45. The van der Waals surface area contributed by atoms with Gasteiger partial charge < -0.3 is 0 Å². The fraction of sp³-hybridized carbons (Fsp3) is 0.158. The Hall–Kier alpha value is -2.46. The zero-order valence-electron chi connectivity index (χ0n) is 13.2. The number of nitrogens with one attached hydrogen (secondary N) is 1. The van der Waals surface area contributed by atoms with Gasteiger partial charge in [0.15, 0.2) is 5.13 Å². The monoisotopic (exact) mass is 322 g/mol. The van der Waals surface area contributed by atoms with Crippen LogP contribution in [0.2, 0.25) is 0 Å². The van der Waals surface area contributed by atoms with Crippen molar-refractivity contribution in [1.82, 2.24) is 4.98 Å². The van der Waals surface area contributed by atoms with E-state index in [1.54, 1.807) is 0 Å². The van der Waals surface area contributed by atoms with Gasteiger partial charge in [0.05, 0.1) is 5.69 Å². The normalized spacial score (nSPS) is 10.5. The van der Waals surface area contributed by atoms with Gasteiger partial charge >= 0.3 is 0 Å². The van der Waals surface area contributed by atoms with E-state index >= 15 is 0 Å². The van der Waals surface area contributed by atoms with E-state index < -0.39 is 0 Å². The molecule has 0 unspecified atom stereocenters. The number of aryl methyl sites for hydroxylation is 2. The lowest BCUT2D eigenvalue weighted by Crippen LogP contribution is -2.11. The van der Waals surface area contributed by atoms with E-state index in [4.69, 9.17) is 0 Å². The number of anilines is 1. The standard InChI is InChI=1S/C19H18N2OS/c1-3-14-6-10-15(11-7-14)17-12-23-19(20-17)21-18(22)16-8-4-13(2)5-9-16/h4-12H,3H2,1-2H3,(H,20,21,22). The largest absolute Gasteiger partial charge is 0.298 e. The molecule has 0 atom stereocenters.